The second-order valence-electron chi connectivity index (χ2n) is 9.04. The minimum absolute atomic E-state index is 0. The van der Waals surface area contributed by atoms with Crippen LogP contribution in [-0.4, -0.2) is 21.0 Å². The van der Waals surface area contributed by atoms with Gasteiger partial charge in [-0.1, -0.05) is 78.2 Å². The molecule has 39 heavy (non-hydrogen) atoms. The van der Waals surface area contributed by atoms with E-state index in [9.17, 15) is 4.79 Å². The summed E-state index contributed by atoms with van der Waals surface area (Å²) in [6.45, 7) is 0. The molecular weight excluding hydrogens is 665 g/mol. The van der Waals surface area contributed by atoms with Crippen LogP contribution in [0.1, 0.15) is 10.5 Å². The number of aromatic carboxylic acids is 1. The number of benzene rings is 4. The van der Waals surface area contributed by atoms with E-state index in [1.165, 1.54) is 39.9 Å². The molecule has 0 saturated carbocycles. The molecule has 1 N–H and O–H groups in total. The van der Waals surface area contributed by atoms with E-state index < -0.39 is 5.97 Å². The Bertz CT molecular complexity index is 2020. The van der Waals surface area contributed by atoms with Crippen LogP contribution in [0.2, 0.25) is 0 Å². The summed E-state index contributed by atoms with van der Waals surface area (Å²) < 4.78 is 6.08. The average Bonchev–Trinajstić information content (AvgIpc) is 3.50. The molecule has 0 amide bonds. The summed E-state index contributed by atoms with van der Waals surface area (Å²) in [5.41, 5.74) is 9.80. The first-order valence-electron chi connectivity index (χ1n) is 12.2. The van der Waals surface area contributed by atoms with Gasteiger partial charge in [0.1, 0.15) is 11.3 Å². The van der Waals surface area contributed by atoms with Gasteiger partial charge in [0.05, 0.1) is 11.1 Å². The van der Waals surface area contributed by atoms with E-state index in [1.54, 1.807) is 12.1 Å². The van der Waals surface area contributed by atoms with Gasteiger partial charge >= 0.3 is 5.97 Å². The predicted molar refractivity (Wildman–Crippen MR) is 149 cm³/mol. The SMILES string of the molecule is O=C(O)c1ccccn1.[Ir].[c-]1cc2c(cc1-c1cc3c4c(cccc4n1)-c1ccccc1-3)oc1ccccc12. The van der Waals surface area contributed by atoms with Crippen LogP contribution in [0.5, 0.6) is 0 Å². The van der Waals surface area contributed by atoms with E-state index in [1.807, 2.05) is 24.3 Å². The van der Waals surface area contributed by atoms with Crippen molar-refractivity contribution < 1.29 is 34.4 Å². The number of carboxylic acid groups (broad SMARTS) is 1. The molecule has 0 bridgehead atoms. The Hall–Kier alpha value is -4.64. The number of rotatable bonds is 2. The van der Waals surface area contributed by atoms with Gasteiger partial charge < -0.3 is 9.52 Å². The minimum atomic E-state index is -0.990. The number of furan rings is 1. The van der Waals surface area contributed by atoms with Crippen LogP contribution in [0, 0.1) is 6.07 Å². The molecule has 1 aliphatic carbocycles. The molecule has 189 valence electrons. The Balaban J connectivity index is 0.000000239. The summed E-state index contributed by atoms with van der Waals surface area (Å²) in [4.78, 5) is 18.7. The topological polar surface area (TPSA) is 76.2 Å². The zero-order valence-corrected chi connectivity index (χ0v) is 22.8. The Morgan fingerprint density at radius 1 is 0.744 bits per heavy atom. The summed E-state index contributed by atoms with van der Waals surface area (Å²) in [5.74, 6) is -0.990. The maximum Gasteiger partial charge on any atom is 0.354 e. The molecule has 3 aromatic heterocycles. The van der Waals surface area contributed by atoms with Crippen molar-refractivity contribution in [3.8, 4) is 33.5 Å². The third-order valence-corrected chi connectivity index (χ3v) is 6.81. The second-order valence-corrected chi connectivity index (χ2v) is 9.04. The first-order chi connectivity index (χ1) is 18.7. The zero-order chi connectivity index (χ0) is 25.6. The second kappa shape index (κ2) is 9.91. The number of hydrogen-bond donors (Lipinski definition) is 1. The third-order valence-electron chi connectivity index (χ3n) is 6.81. The number of pyridine rings is 2. The van der Waals surface area contributed by atoms with E-state index in [4.69, 9.17) is 14.5 Å². The largest absolute Gasteiger partial charge is 0.477 e. The maximum absolute atomic E-state index is 10.1. The number of nitrogens with zero attached hydrogens (tertiary/aromatic N) is 2. The van der Waals surface area contributed by atoms with Crippen molar-refractivity contribution in [2.45, 2.75) is 0 Å². The predicted octanol–water partition coefficient (Wildman–Crippen LogP) is 8.03. The summed E-state index contributed by atoms with van der Waals surface area (Å²) >= 11 is 0. The summed E-state index contributed by atoms with van der Waals surface area (Å²) in [6, 6.07) is 37.5. The number of para-hydroxylation sites is 1. The monoisotopic (exact) mass is 684 g/mol. The molecule has 3 heterocycles. The Morgan fingerprint density at radius 3 is 2.26 bits per heavy atom. The first-order valence-corrected chi connectivity index (χ1v) is 12.2. The van der Waals surface area contributed by atoms with Crippen LogP contribution in [0.4, 0.5) is 0 Å². The van der Waals surface area contributed by atoms with Crippen LogP contribution in [-0.2, 0) is 20.1 Å². The Morgan fingerprint density at radius 2 is 1.49 bits per heavy atom. The van der Waals surface area contributed by atoms with Crippen molar-refractivity contribution in [3.05, 3.63) is 121 Å². The van der Waals surface area contributed by atoms with Crippen LogP contribution >= 0.6 is 0 Å². The number of fused-ring (bicyclic) bond motifs is 6. The molecule has 0 saturated heterocycles. The molecule has 0 unspecified atom stereocenters. The fraction of sp³-hybridized carbons (Fsp3) is 0. The molecule has 1 aliphatic rings. The summed E-state index contributed by atoms with van der Waals surface area (Å²) in [6.07, 6.45) is 1.45. The van der Waals surface area contributed by atoms with Gasteiger partial charge in [0.15, 0.2) is 0 Å². The molecule has 5 nitrogen and oxygen atoms in total. The van der Waals surface area contributed by atoms with E-state index in [2.05, 4.69) is 71.7 Å². The normalized spacial score (nSPS) is 11.1. The van der Waals surface area contributed by atoms with Crippen molar-refractivity contribution in [2.75, 3.05) is 0 Å². The Kier molecular flexibility index (Phi) is 6.27. The number of carbonyl (C=O) groups is 1. The van der Waals surface area contributed by atoms with Crippen molar-refractivity contribution in [1.29, 1.82) is 0 Å². The van der Waals surface area contributed by atoms with Crippen LogP contribution in [0.15, 0.2) is 114 Å². The van der Waals surface area contributed by atoms with Crippen molar-refractivity contribution in [2.24, 2.45) is 0 Å². The smallest absolute Gasteiger partial charge is 0.354 e. The van der Waals surface area contributed by atoms with Gasteiger partial charge in [-0.05, 0) is 57.6 Å². The van der Waals surface area contributed by atoms with Gasteiger partial charge in [-0.25, -0.2) is 9.78 Å². The van der Waals surface area contributed by atoms with E-state index >= 15 is 0 Å². The summed E-state index contributed by atoms with van der Waals surface area (Å²) in [5, 5.41) is 11.8. The van der Waals surface area contributed by atoms with Crippen molar-refractivity contribution in [1.82, 2.24) is 9.97 Å². The fourth-order valence-corrected chi connectivity index (χ4v) is 5.12. The molecule has 7 aromatic rings. The molecule has 0 fully saturated rings. The van der Waals surface area contributed by atoms with Gasteiger partial charge in [-0.2, -0.15) is 0 Å². The molecule has 0 spiro atoms. The van der Waals surface area contributed by atoms with Gasteiger partial charge in [-0.15, -0.1) is 17.7 Å². The van der Waals surface area contributed by atoms with Crippen LogP contribution in [0.3, 0.4) is 0 Å². The third kappa shape index (κ3) is 4.20. The Labute approximate surface area is 237 Å². The zero-order valence-electron chi connectivity index (χ0n) is 20.4. The quantitative estimate of drug-likeness (QED) is 0.187. The van der Waals surface area contributed by atoms with E-state index in [-0.39, 0.29) is 25.8 Å². The molecule has 4 aromatic carbocycles. The van der Waals surface area contributed by atoms with Gasteiger partial charge in [0, 0.05) is 31.7 Å². The first kappa shape index (κ1) is 24.7. The average molecular weight is 684 g/mol. The fourth-order valence-electron chi connectivity index (χ4n) is 5.12. The molecule has 6 heteroatoms. The molecule has 0 atom stereocenters. The van der Waals surface area contributed by atoms with Gasteiger partial charge in [0.25, 0.3) is 0 Å². The summed E-state index contributed by atoms with van der Waals surface area (Å²) in [7, 11) is 0. The maximum atomic E-state index is 10.1. The van der Waals surface area contributed by atoms with Crippen LogP contribution in [0.25, 0.3) is 66.4 Å². The van der Waals surface area contributed by atoms with E-state index in [0.717, 1.165) is 38.7 Å². The number of aromatic nitrogens is 2. The number of carboxylic acids is 1. The van der Waals surface area contributed by atoms with Crippen LogP contribution < -0.4 is 0 Å². The minimum Gasteiger partial charge on any atom is -0.477 e. The van der Waals surface area contributed by atoms with E-state index in [0.29, 0.717) is 0 Å². The van der Waals surface area contributed by atoms with Gasteiger partial charge in [0.2, 0.25) is 0 Å². The van der Waals surface area contributed by atoms with Crippen molar-refractivity contribution >= 4 is 38.8 Å². The van der Waals surface area contributed by atoms with Crippen molar-refractivity contribution in [3.63, 3.8) is 0 Å². The van der Waals surface area contributed by atoms with Gasteiger partial charge in [-0.3, -0.25) is 4.98 Å². The molecule has 0 aliphatic heterocycles. The number of hydrogen-bond acceptors (Lipinski definition) is 4. The molecular formula is C33H19IrN2O3-. The molecule has 8 rings (SSSR count). The standard InChI is InChI=1S/C27H14NO.C6H5NO2.Ir/c1-2-7-18-17(6-1)21-9-5-10-23-27(21)22(18)15-24(28-23)16-12-13-20-19-8-3-4-11-25(19)29-26(20)14-16;8-6(9)5-3-1-2-4-7-5;/h1-11,13-15H;1-4H,(H,8,9);/q-1;;. The molecule has 1 radical (unpaired) electrons.